The van der Waals surface area contributed by atoms with Crippen LogP contribution < -0.4 is 0 Å². The van der Waals surface area contributed by atoms with E-state index in [0.29, 0.717) is 5.12 Å². The monoisotopic (exact) mass is 356 g/mol. The largest absolute Gasteiger partial charge is 0.286 e. The third-order valence-corrected chi connectivity index (χ3v) is 9.70. The van der Waals surface area contributed by atoms with E-state index >= 15 is 0 Å². The van der Waals surface area contributed by atoms with Gasteiger partial charge in [-0.1, -0.05) is 42.1 Å². The van der Waals surface area contributed by atoms with Crippen molar-refractivity contribution in [3.8, 4) is 0 Å². The predicted octanol–water partition coefficient (Wildman–Crippen LogP) is 6.30. The van der Waals surface area contributed by atoms with E-state index in [1.807, 2.05) is 34.0 Å². The second-order valence-electron chi connectivity index (χ2n) is 5.62. The fourth-order valence-electron chi connectivity index (χ4n) is 3.45. The number of fused-ring (bicyclic) bond motifs is 6. The Balaban J connectivity index is 1.78. The molecule has 0 saturated heterocycles. The van der Waals surface area contributed by atoms with Gasteiger partial charge in [0.25, 0.3) is 0 Å². The summed E-state index contributed by atoms with van der Waals surface area (Å²) in [5.41, 5.74) is 1.43. The van der Waals surface area contributed by atoms with Crippen LogP contribution in [0.1, 0.15) is 21.6 Å². The molecule has 2 aliphatic heterocycles. The van der Waals surface area contributed by atoms with Crippen molar-refractivity contribution in [1.29, 1.82) is 0 Å². The zero-order valence-electron chi connectivity index (χ0n) is 11.2. The predicted molar refractivity (Wildman–Crippen MR) is 99.8 cm³/mol. The van der Waals surface area contributed by atoms with Crippen molar-refractivity contribution in [1.82, 2.24) is 0 Å². The molecule has 3 aliphatic rings. The zero-order valence-corrected chi connectivity index (χ0v) is 14.4. The lowest BCUT2D eigenvalue weighted by Gasteiger charge is -2.28. The maximum Gasteiger partial charge on any atom is 0.201 e. The van der Waals surface area contributed by atoms with Gasteiger partial charge in [0.1, 0.15) is 0 Å². The Bertz CT molecular complexity index is 1140. The summed E-state index contributed by atoms with van der Waals surface area (Å²) in [5.74, 6) is -0.000900. The molecule has 2 unspecified atom stereocenters. The number of thioether (sulfide) groups is 1. The Kier molecular flexibility index (Phi) is 2.25. The number of hydrogen-bond donors (Lipinski definition) is 0. The molecule has 0 radical (unpaired) electrons. The van der Waals surface area contributed by atoms with Crippen molar-refractivity contribution in [3.63, 3.8) is 0 Å². The Morgan fingerprint density at radius 3 is 2.64 bits per heavy atom. The number of allylic oxidation sites excluding steroid dienone is 1. The third-order valence-electron chi connectivity index (χ3n) is 4.43. The first-order valence-corrected chi connectivity index (χ1v) is 10.4. The van der Waals surface area contributed by atoms with E-state index in [-0.39, 0.29) is 11.2 Å². The van der Waals surface area contributed by atoms with Gasteiger partial charge >= 0.3 is 0 Å². The second-order valence-corrected chi connectivity index (χ2v) is 9.89. The normalized spacial score (nSPS) is 23.2. The van der Waals surface area contributed by atoms with Crippen LogP contribution >= 0.6 is 45.8 Å². The Morgan fingerprint density at radius 2 is 1.73 bits per heavy atom. The Morgan fingerprint density at radius 1 is 0.864 bits per heavy atom. The number of benzene rings is 1. The minimum Gasteiger partial charge on any atom is -0.286 e. The molecule has 3 aromatic heterocycles. The van der Waals surface area contributed by atoms with Gasteiger partial charge in [-0.25, -0.2) is 0 Å². The van der Waals surface area contributed by atoms with Gasteiger partial charge in [0.05, 0.1) is 30.0 Å². The second kappa shape index (κ2) is 4.03. The molecule has 1 nitrogen and oxygen atoms in total. The third kappa shape index (κ3) is 1.35. The highest BCUT2D eigenvalue weighted by Gasteiger charge is 2.39. The highest BCUT2D eigenvalue weighted by molar-refractivity contribution is 8.14. The maximum absolute atomic E-state index is 12.1. The van der Waals surface area contributed by atoms with Crippen molar-refractivity contribution >= 4 is 79.8 Å². The molecule has 106 valence electrons. The number of thiophene rings is 3. The van der Waals surface area contributed by atoms with Gasteiger partial charge < -0.3 is 0 Å². The molecular formula is C17H8OS4. The number of carbonyl (C=O) groups is 1. The Hall–Kier alpha value is -1.14. The van der Waals surface area contributed by atoms with E-state index in [1.165, 1.54) is 51.1 Å². The minimum absolute atomic E-state index is 0.000900. The fourth-order valence-corrected chi connectivity index (χ4v) is 9.35. The summed E-state index contributed by atoms with van der Waals surface area (Å²) in [6, 6.07) is 8.66. The van der Waals surface area contributed by atoms with Crippen molar-refractivity contribution in [3.05, 3.63) is 46.9 Å². The first kappa shape index (κ1) is 12.3. The first-order valence-electron chi connectivity index (χ1n) is 7.06. The van der Waals surface area contributed by atoms with E-state index in [9.17, 15) is 4.79 Å². The lowest BCUT2D eigenvalue weighted by Crippen LogP contribution is -2.19. The van der Waals surface area contributed by atoms with E-state index in [1.54, 1.807) is 0 Å². The van der Waals surface area contributed by atoms with Crippen LogP contribution in [0.2, 0.25) is 0 Å². The summed E-state index contributed by atoms with van der Waals surface area (Å²) >= 11 is 7.17. The lowest BCUT2D eigenvalue weighted by atomic mass is 9.95. The number of hydrogen-bond acceptors (Lipinski definition) is 5. The molecule has 1 aliphatic carbocycles. The van der Waals surface area contributed by atoms with Crippen LogP contribution in [0.3, 0.4) is 0 Å². The van der Waals surface area contributed by atoms with Gasteiger partial charge in [0, 0.05) is 20.5 Å². The van der Waals surface area contributed by atoms with Gasteiger partial charge in [-0.2, -0.15) is 0 Å². The summed E-state index contributed by atoms with van der Waals surface area (Å²) < 4.78 is 7.03. The molecule has 2 bridgehead atoms. The van der Waals surface area contributed by atoms with Crippen LogP contribution in [0.4, 0.5) is 0 Å². The van der Waals surface area contributed by atoms with E-state index in [2.05, 4.69) is 36.4 Å². The molecule has 0 amide bonds. The topological polar surface area (TPSA) is 17.1 Å². The molecule has 0 fully saturated rings. The summed E-state index contributed by atoms with van der Waals surface area (Å²) in [4.78, 5) is 13.4. The van der Waals surface area contributed by atoms with Crippen LogP contribution in [-0.2, 0) is 4.79 Å². The molecule has 0 spiro atoms. The summed E-state index contributed by atoms with van der Waals surface area (Å²) in [7, 11) is 0. The quantitative estimate of drug-likeness (QED) is 0.344. The highest BCUT2D eigenvalue weighted by Crippen LogP contribution is 2.58. The van der Waals surface area contributed by atoms with E-state index in [4.69, 9.17) is 0 Å². The molecule has 5 heteroatoms. The highest BCUT2D eigenvalue weighted by atomic mass is 32.2. The molecule has 0 saturated carbocycles. The molecule has 5 heterocycles. The van der Waals surface area contributed by atoms with Crippen LogP contribution in [0.5, 0.6) is 0 Å². The van der Waals surface area contributed by atoms with Crippen LogP contribution in [-0.4, -0.2) is 5.12 Å². The lowest BCUT2D eigenvalue weighted by molar-refractivity contribution is -0.111. The molecule has 1 aromatic carbocycles. The van der Waals surface area contributed by atoms with Crippen LogP contribution in [0.25, 0.3) is 28.9 Å². The fraction of sp³-hybridized carbons (Fsp3) is 0.118. The number of rotatable bonds is 0. The average Bonchev–Trinajstić information content (AvgIpc) is 3.16. The minimum atomic E-state index is -0.000900. The van der Waals surface area contributed by atoms with Crippen molar-refractivity contribution in [2.75, 3.05) is 0 Å². The van der Waals surface area contributed by atoms with Gasteiger partial charge in [-0.3, -0.25) is 4.79 Å². The van der Waals surface area contributed by atoms with Gasteiger partial charge in [0.15, 0.2) is 0 Å². The summed E-state index contributed by atoms with van der Waals surface area (Å²) in [6.07, 6.45) is 4.32. The van der Waals surface area contributed by atoms with Crippen molar-refractivity contribution in [2.24, 2.45) is 0 Å². The molecular weight excluding hydrogens is 348 g/mol. The van der Waals surface area contributed by atoms with Crippen LogP contribution in [0, 0.1) is 0 Å². The Labute approximate surface area is 142 Å². The average molecular weight is 357 g/mol. The smallest absolute Gasteiger partial charge is 0.201 e. The molecule has 22 heavy (non-hydrogen) atoms. The maximum atomic E-state index is 12.1. The van der Waals surface area contributed by atoms with Gasteiger partial charge in [-0.05, 0) is 6.07 Å². The van der Waals surface area contributed by atoms with E-state index in [0.717, 1.165) is 0 Å². The molecule has 7 rings (SSSR count). The van der Waals surface area contributed by atoms with Gasteiger partial charge in [-0.15, -0.1) is 34.0 Å². The SMILES string of the molecule is O=C1SC2C=CC1c1sc3c(sc4c5ccccc5sc34)c12. The van der Waals surface area contributed by atoms with Gasteiger partial charge in [0.2, 0.25) is 5.12 Å². The first-order chi connectivity index (χ1) is 10.8. The van der Waals surface area contributed by atoms with Crippen molar-refractivity contribution < 1.29 is 4.79 Å². The zero-order chi connectivity index (χ0) is 14.4. The molecule has 2 atom stereocenters. The molecule has 0 N–H and O–H groups in total. The van der Waals surface area contributed by atoms with Crippen molar-refractivity contribution in [2.45, 2.75) is 11.2 Å². The standard InChI is InChI=1S/C17H8OS4/c18-17-8-5-6-10(20-17)11-12(8)21-16-14(11)22-13-7-3-1-2-4-9(7)19-15(13)16/h1-6,8,10H. The van der Waals surface area contributed by atoms with E-state index < -0.39 is 0 Å². The summed E-state index contributed by atoms with van der Waals surface area (Å²) in [6.45, 7) is 0. The van der Waals surface area contributed by atoms with Crippen LogP contribution in [0.15, 0.2) is 36.4 Å². The summed E-state index contributed by atoms with van der Waals surface area (Å²) in [5, 5.41) is 1.94. The molecule has 4 aromatic rings. The number of carbonyl (C=O) groups excluding carboxylic acids is 1.